The quantitative estimate of drug-likeness (QED) is 0.760. The van der Waals surface area contributed by atoms with Crippen LogP contribution in [-0.2, 0) is 6.54 Å². The lowest BCUT2D eigenvalue weighted by Gasteiger charge is -2.21. The molecule has 0 unspecified atom stereocenters. The summed E-state index contributed by atoms with van der Waals surface area (Å²) >= 11 is 0. The number of hydrogen-bond acceptors (Lipinski definition) is 3. The highest BCUT2D eigenvalue weighted by molar-refractivity contribution is 5.14. The van der Waals surface area contributed by atoms with Crippen LogP contribution in [0.25, 0.3) is 0 Å². The average molecular weight is 206 g/mol. The molecule has 0 spiro atoms. The van der Waals surface area contributed by atoms with Crippen LogP contribution in [0.5, 0.6) is 0 Å². The predicted molar refractivity (Wildman–Crippen MR) is 60.3 cm³/mol. The van der Waals surface area contributed by atoms with E-state index in [9.17, 15) is 5.11 Å². The van der Waals surface area contributed by atoms with Gasteiger partial charge in [-0.1, -0.05) is 30.3 Å². The number of hydrogen-bond donors (Lipinski definition) is 2. The molecule has 1 fully saturated rings. The van der Waals surface area contributed by atoms with Crippen LogP contribution in [-0.4, -0.2) is 35.2 Å². The predicted octanol–water partition coefficient (Wildman–Crippen LogP) is 0.582. The molecule has 1 heterocycles. The summed E-state index contributed by atoms with van der Waals surface area (Å²) in [6.07, 6.45) is 0.788. The topological polar surface area (TPSA) is 49.5 Å². The Morgan fingerprint density at radius 3 is 2.67 bits per heavy atom. The summed E-state index contributed by atoms with van der Waals surface area (Å²) in [5.74, 6) is 0. The fourth-order valence-corrected chi connectivity index (χ4v) is 2.08. The van der Waals surface area contributed by atoms with Gasteiger partial charge in [-0.25, -0.2) is 0 Å². The van der Waals surface area contributed by atoms with E-state index in [1.54, 1.807) is 0 Å². The Balaban J connectivity index is 1.93. The average Bonchev–Trinajstić information content (AvgIpc) is 2.63. The molecule has 0 saturated carbocycles. The maximum absolute atomic E-state index is 9.98. The Labute approximate surface area is 90.5 Å². The molecule has 3 heteroatoms. The van der Waals surface area contributed by atoms with Gasteiger partial charge in [-0.2, -0.15) is 0 Å². The van der Waals surface area contributed by atoms with Crippen molar-refractivity contribution < 1.29 is 5.11 Å². The molecule has 15 heavy (non-hydrogen) atoms. The number of likely N-dealkylation sites (tertiary alicyclic amines) is 1. The molecule has 1 saturated heterocycles. The van der Waals surface area contributed by atoms with Crippen molar-refractivity contribution in [3.8, 4) is 0 Å². The third-order valence-electron chi connectivity index (χ3n) is 3.04. The first-order valence-electron chi connectivity index (χ1n) is 5.41. The SMILES string of the molecule is NC[C@@]1(O)CCN(Cc2ccccc2)C1. The Morgan fingerprint density at radius 2 is 2.07 bits per heavy atom. The van der Waals surface area contributed by atoms with Crippen molar-refractivity contribution >= 4 is 0 Å². The van der Waals surface area contributed by atoms with Crippen molar-refractivity contribution in [1.29, 1.82) is 0 Å². The second-order valence-electron chi connectivity index (χ2n) is 4.37. The van der Waals surface area contributed by atoms with Gasteiger partial charge in [0.25, 0.3) is 0 Å². The minimum Gasteiger partial charge on any atom is -0.387 e. The van der Waals surface area contributed by atoms with Gasteiger partial charge in [0.1, 0.15) is 0 Å². The zero-order valence-corrected chi connectivity index (χ0v) is 8.89. The van der Waals surface area contributed by atoms with Crippen molar-refractivity contribution in [2.75, 3.05) is 19.6 Å². The van der Waals surface area contributed by atoms with E-state index < -0.39 is 5.60 Å². The smallest absolute Gasteiger partial charge is 0.0907 e. The zero-order chi connectivity index (χ0) is 10.7. The lowest BCUT2D eigenvalue weighted by molar-refractivity contribution is 0.0573. The maximum Gasteiger partial charge on any atom is 0.0907 e. The van der Waals surface area contributed by atoms with Gasteiger partial charge in [-0.15, -0.1) is 0 Å². The van der Waals surface area contributed by atoms with Crippen LogP contribution in [0, 0.1) is 0 Å². The summed E-state index contributed by atoms with van der Waals surface area (Å²) in [6, 6.07) is 10.3. The van der Waals surface area contributed by atoms with Crippen LogP contribution in [0.3, 0.4) is 0 Å². The van der Waals surface area contributed by atoms with E-state index in [1.807, 2.05) is 18.2 Å². The summed E-state index contributed by atoms with van der Waals surface area (Å²) < 4.78 is 0. The Bertz CT molecular complexity index is 315. The number of nitrogens with two attached hydrogens (primary N) is 1. The molecule has 1 aromatic carbocycles. The van der Waals surface area contributed by atoms with E-state index in [-0.39, 0.29) is 0 Å². The van der Waals surface area contributed by atoms with Crippen LogP contribution in [0.1, 0.15) is 12.0 Å². The molecule has 1 aromatic rings. The normalized spacial score (nSPS) is 27.1. The van der Waals surface area contributed by atoms with E-state index in [2.05, 4.69) is 17.0 Å². The molecule has 0 aromatic heterocycles. The van der Waals surface area contributed by atoms with E-state index >= 15 is 0 Å². The lowest BCUT2D eigenvalue weighted by atomic mass is 10.0. The molecule has 82 valence electrons. The molecular weight excluding hydrogens is 188 g/mol. The molecule has 3 nitrogen and oxygen atoms in total. The monoisotopic (exact) mass is 206 g/mol. The summed E-state index contributed by atoms with van der Waals surface area (Å²) in [7, 11) is 0. The van der Waals surface area contributed by atoms with Crippen LogP contribution in [0.2, 0.25) is 0 Å². The summed E-state index contributed by atoms with van der Waals surface area (Å²) in [6.45, 7) is 2.89. The van der Waals surface area contributed by atoms with E-state index in [1.165, 1.54) is 5.56 Å². The molecule has 0 bridgehead atoms. The number of nitrogens with zero attached hydrogens (tertiary/aromatic N) is 1. The fraction of sp³-hybridized carbons (Fsp3) is 0.500. The molecule has 1 aliphatic heterocycles. The van der Waals surface area contributed by atoms with Crippen molar-refractivity contribution in [3.05, 3.63) is 35.9 Å². The maximum atomic E-state index is 9.98. The van der Waals surface area contributed by atoms with Gasteiger partial charge in [0.2, 0.25) is 0 Å². The van der Waals surface area contributed by atoms with Gasteiger partial charge in [-0.05, 0) is 12.0 Å². The molecule has 0 amide bonds. The first-order valence-corrected chi connectivity index (χ1v) is 5.41. The molecule has 3 N–H and O–H groups in total. The minimum absolute atomic E-state index is 0.359. The highest BCUT2D eigenvalue weighted by Gasteiger charge is 2.34. The highest BCUT2D eigenvalue weighted by atomic mass is 16.3. The van der Waals surface area contributed by atoms with Crippen LogP contribution >= 0.6 is 0 Å². The van der Waals surface area contributed by atoms with E-state index in [0.29, 0.717) is 13.1 Å². The molecule has 2 rings (SSSR count). The molecule has 0 aliphatic carbocycles. The third kappa shape index (κ3) is 2.56. The lowest BCUT2D eigenvalue weighted by Crippen LogP contribution is -2.40. The summed E-state index contributed by atoms with van der Waals surface area (Å²) in [4.78, 5) is 2.25. The Kier molecular flexibility index (Phi) is 3.05. The minimum atomic E-state index is -0.658. The molecule has 1 atom stereocenters. The van der Waals surface area contributed by atoms with Crippen molar-refractivity contribution in [3.63, 3.8) is 0 Å². The second-order valence-corrected chi connectivity index (χ2v) is 4.37. The van der Waals surface area contributed by atoms with Crippen LogP contribution < -0.4 is 5.73 Å². The van der Waals surface area contributed by atoms with Gasteiger partial charge in [0.05, 0.1) is 5.60 Å². The first-order chi connectivity index (χ1) is 7.22. The standard InChI is InChI=1S/C12H18N2O/c13-9-12(15)6-7-14(10-12)8-11-4-2-1-3-5-11/h1-5,15H,6-10,13H2/t12-/m0/s1. The Morgan fingerprint density at radius 1 is 1.33 bits per heavy atom. The second kappa shape index (κ2) is 4.31. The molecule has 0 radical (unpaired) electrons. The first kappa shape index (κ1) is 10.6. The van der Waals surface area contributed by atoms with E-state index in [4.69, 9.17) is 5.73 Å². The summed E-state index contributed by atoms with van der Waals surface area (Å²) in [5, 5.41) is 9.98. The number of β-amino-alcohol motifs (C(OH)–C–C–N with tert-alkyl or cyclic N) is 1. The van der Waals surface area contributed by atoms with Crippen molar-refractivity contribution in [2.45, 2.75) is 18.6 Å². The largest absolute Gasteiger partial charge is 0.387 e. The zero-order valence-electron chi connectivity index (χ0n) is 8.89. The van der Waals surface area contributed by atoms with Gasteiger partial charge in [-0.3, -0.25) is 4.90 Å². The molecular formula is C12H18N2O. The number of aliphatic hydroxyl groups is 1. The van der Waals surface area contributed by atoms with Gasteiger partial charge >= 0.3 is 0 Å². The summed E-state index contributed by atoms with van der Waals surface area (Å²) in [5.41, 5.74) is 6.18. The third-order valence-corrected chi connectivity index (χ3v) is 3.04. The number of rotatable bonds is 3. The van der Waals surface area contributed by atoms with Crippen LogP contribution in [0.15, 0.2) is 30.3 Å². The van der Waals surface area contributed by atoms with Gasteiger partial charge < -0.3 is 10.8 Å². The highest BCUT2D eigenvalue weighted by Crippen LogP contribution is 2.21. The van der Waals surface area contributed by atoms with Gasteiger partial charge in [0.15, 0.2) is 0 Å². The van der Waals surface area contributed by atoms with E-state index in [0.717, 1.165) is 19.5 Å². The fourth-order valence-electron chi connectivity index (χ4n) is 2.08. The van der Waals surface area contributed by atoms with Crippen molar-refractivity contribution in [2.24, 2.45) is 5.73 Å². The van der Waals surface area contributed by atoms with Crippen LogP contribution in [0.4, 0.5) is 0 Å². The molecule has 1 aliphatic rings. The Hall–Kier alpha value is -0.900. The van der Waals surface area contributed by atoms with Gasteiger partial charge in [0, 0.05) is 26.2 Å². The van der Waals surface area contributed by atoms with Crippen molar-refractivity contribution in [1.82, 2.24) is 4.90 Å². The number of benzene rings is 1.